The minimum atomic E-state index is -4.62. The van der Waals surface area contributed by atoms with Crippen molar-refractivity contribution in [1.29, 1.82) is 0 Å². The molecule has 2 N–H and O–H groups in total. The van der Waals surface area contributed by atoms with E-state index in [4.69, 9.17) is 14.2 Å². The molecule has 0 bridgehead atoms. The summed E-state index contributed by atoms with van der Waals surface area (Å²) in [5.74, 6) is -0.0992. The van der Waals surface area contributed by atoms with Crippen LogP contribution in [-0.2, 0) is 14.2 Å². The number of benzene rings is 1. The fourth-order valence-electron chi connectivity index (χ4n) is 2.59. The van der Waals surface area contributed by atoms with Crippen LogP contribution in [0, 0.1) is 0 Å². The van der Waals surface area contributed by atoms with Gasteiger partial charge in [0.25, 0.3) is 0 Å². The lowest BCUT2D eigenvalue weighted by atomic mass is 10.1. The summed E-state index contributed by atoms with van der Waals surface area (Å²) in [6, 6.07) is 3.64. The molecule has 0 fully saturated rings. The third kappa shape index (κ3) is 6.67. The third-order valence-electron chi connectivity index (χ3n) is 4.41. The van der Waals surface area contributed by atoms with E-state index in [1.165, 1.54) is 13.2 Å². The average molecular weight is 459 g/mol. The number of nitrogens with zero attached hydrogens (tertiary/aromatic N) is 1. The number of ketones is 1. The first-order valence-electron chi connectivity index (χ1n) is 9.85. The van der Waals surface area contributed by atoms with Crippen LogP contribution in [0.5, 0.6) is 0 Å². The number of alkyl carbamates (subject to hydrolysis) is 1. The van der Waals surface area contributed by atoms with E-state index in [9.17, 15) is 22.8 Å². The number of H-pyrrole nitrogens is 1. The summed E-state index contributed by atoms with van der Waals surface area (Å²) in [4.78, 5) is 31.6. The molecular weight excluding hydrogens is 431 g/mol. The minimum absolute atomic E-state index is 0.105. The molecule has 8 nitrogen and oxygen atoms in total. The Morgan fingerprint density at radius 1 is 1.16 bits per heavy atom. The van der Waals surface area contributed by atoms with Crippen LogP contribution in [0.25, 0.3) is 11.0 Å². The summed E-state index contributed by atoms with van der Waals surface area (Å²) in [5.41, 5.74) is -1.98. The smallest absolute Gasteiger partial charge is 0.416 e. The number of hydrogen-bond donors (Lipinski definition) is 2. The highest BCUT2D eigenvalue weighted by atomic mass is 19.4. The van der Waals surface area contributed by atoms with E-state index < -0.39 is 36.1 Å². The Morgan fingerprint density at radius 3 is 2.38 bits per heavy atom. The van der Waals surface area contributed by atoms with Crippen LogP contribution in [0.15, 0.2) is 18.2 Å². The molecule has 0 aliphatic carbocycles. The first-order chi connectivity index (χ1) is 14.6. The molecule has 0 spiro atoms. The minimum Gasteiger partial charge on any atom is -0.444 e. The Bertz CT molecular complexity index is 964. The molecule has 1 aromatic heterocycles. The SMILES string of the molecule is COCC(=O)c1ccc2[nH]c([C@H](COC(C)(C)C(F)(F)F)NC(=O)OC(C)(C)C)nc2c1. The molecule has 11 heteroatoms. The second-order valence-corrected chi connectivity index (χ2v) is 8.73. The number of methoxy groups -OCH3 is 1. The quantitative estimate of drug-likeness (QED) is 0.570. The topological polar surface area (TPSA) is 103 Å². The van der Waals surface area contributed by atoms with Gasteiger partial charge in [-0.05, 0) is 52.8 Å². The molecule has 0 unspecified atom stereocenters. The number of hydrogen-bond acceptors (Lipinski definition) is 6. The number of imidazole rings is 1. The molecule has 178 valence electrons. The fourth-order valence-corrected chi connectivity index (χ4v) is 2.59. The Hall–Kier alpha value is -2.66. The highest BCUT2D eigenvalue weighted by Crippen LogP contribution is 2.33. The largest absolute Gasteiger partial charge is 0.444 e. The van der Waals surface area contributed by atoms with Gasteiger partial charge in [0.2, 0.25) is 0 Å². The first-order valence-corrected chi connectivity index (χ1v) is 9.85. The Kier molecular flexibility index (Phi) is 7.56. The van der Waals surface area contributed by atoms with Crippen molar-refractivity contribution in [2.75, 3.05) is 20.3 Å². The van der Waals surface area contributed by atoms with Crippen molar-refractivity contribution in [3.05, 3.63) is 29.6 Å². The Labute approximate surface area is 183 Å². The number of carbonyl (C=O) groups excluding carboxylic acids is 2. The van der Waals surface area contributed by atoms with Crippen LogP contribution in [0.3, 0.4) is 0 Å². The number of Topliss-reactive ketones (excluding diaryl/α,β-unsaturated/α-hetero) is 1. The van der Waals surface area contributed by atoms with Crippen molar-refractivity contribution in [3.8, 4) is 0 Å². The number of nitrogens with one attached hydrogen (secondary N) is 2. The van der Waals surface area contributed by atoms with Crippen LogP contribution in [0.2, 0.25) is 0 Å². The van der Waals surface area contributed by atoms with Gasteiger partial charge < -0.3 is 24.5 Å². The van der Waals surface area contributed by atoms with Gasteiger partial charge in [0.1, 0.15) is 24.1 Å². The van der Waals surface area contributed by atoms with Crippen LogP contribution in [0.1, 0.15) is 56.8 Å². The van der Waals surface area contributed by atoms with E-state index in [0.717, 1.165) is 13.8 Å². The average Bonchev–Trinajstić information content (AvgIpc) is 3.06. The second kappa shape index (κ2) is 9.45. The molecule has 1 aromatic carbocycles. The molecule has 1 atom stereocenters. The molecule has 0 radical (unpaired) electrons. The molecule has 2 rings (SSSR count). The molecule has 2 aromatic rings. The highest BCUT2D eigenvalue weighted by Gasteiger charge is 2.49. The Morgan fingerprint density at radius 2 is 1.81 bits per heavy atom. The van der Waals surface area contributed by atoms with E-state index >= 15 is 0 Å². The van der Waals surface area contributed by atoms with E-state index in [2.05, 4.69) is 15.3 Å². The zero-order chi connectivity index (χ0) is 24.3. The number of halogens is 3. The van der Waals surface area contributed by atoms with E-state index in [-0.39, 0.29) is 18.2 Å². The maximum atomic E-state index is 13.2. The zero-order valence-electron chi connectivity index (χ0n) is 18.8. The van der Waals surface area contributed by atoms with Crippen molar-refractivity contribution < 1.29 is 37.0 Å². The Balaban J connectivity index is 2.33. The third-order valence-corrected chi connectivity index (χ3v) is 4.41. The molecule has 0 aliphatic heterocycles. The second-order valence-electron chi connectivity index (χ2n) is 8.73. The lowest BCUT2D eigenvalue weighted by Crippen LogP contribution is -2.45. The predicted molar refractivity (Wildman–Crippen MR) is 110 cm³/mol. The van der Waals surface area contributed by atoms with Crippen LogP contribution >= 0.6 is 0 Å². The molecule has 32 heavy (non-hydrogen) atoms. The van der Waals surface area contributed by atoms with E-state index in [0.29, 0.717) is 16.6 Å². The maximum absolute atomic E-state index is 13.2. The van der Waals surface area contributed by atoms with Gasteiger partial charge in [-0.3, -0.25) is 4.79 Å². The van der Waals surface area contributed by atoms with Crippen molar-refractivity contribution in [2.24, 2.45) is 0 Å². The van der Waals surface area contributed by atoms with Gasteiger partial charge in [0, 0.05) is 12.7 Å². The number of ether oxygens (including phenoxy) is 3. The summed E-state index contributed by atoms with van der Waals surface area (Å²) in [5, 5.41) is 2.50. The van der Waals surface area contributed by atoms with Crippen LogP contribution in [0.4, 0.5) is 18.0 Å². The van der Waals surface area contributed by atoms with E-state index in [1.54, 1.807) is 32.9 Å². The fraction of sp³-hybridized carbons (Fsp3) is 0.571. The number of aromatic amines is 1. The summed E-state index contributed by atoms with van der Waals surface area (Å²) >= 11 is 0. The van der Waals surface area contributed by atoms with Gasteiger partial charge in [-0.1, -0.05) is 0 Å². The van der Waals surface area contributed by atoms with Gasteiger partial charge in [-0.25, -0.2) is 9.78 Å². The predicted octanol–water partition coefficient (Wildman–Crippen LogP) is 4.32. The molecule has 0 saturated carbocycles. The molecule has 0 saturated heterocycles. The summed E-state index contributed by atoms with van der Waals surface area (Å²) in [6.07, 6.45) is -5.46. The number of rotatable bonds is 8. The van der Waals surface area contributed by atoms with Gasteiger partial charge in [-0.2, -0.15) is 13.2 Å². The summed E-state index contributed by atoms with van der Waals surface area (Å²) in [7, 11) is 1.40. The van der Waals surface area contributed by atoms with E-state index in [1.807, 2.05) is 0 Å². The lowest BCUT2D eigenvalue weighted by Gasteiger charge is -2.30. The van der Waals surface area contributed by atoms with Gasteiger partial charge in [-0.15, -0.1) is 0 Å². The highest BCUT2D eigenvalue weighted by molar-refractivity contribution is 5.99. The molecular formula is C21H28F3N3O5. The summed E-state index contributed by atoms with van der Waals surface area (Å²) < 4.78 is 54.8. The number of alkyl halides is 3. The van der Waals surface area contributed by atoms with Crippen molar-refractivity contribution >= 4 is 22.9 Å². The zero-order valence-corrected chi connectivity index (χ0v) is 18.8. The molecule has 1 heterocycles. The van der Waals surface area contributed by atoms with Gasteiger partial charge in [0.05, 0.1) is 17.6 Å². The van der Waals surface area contributed by atoms with Crippen molar-refractivity contribution in [3.63, 3.8) is 0 Å². The van der Waals surface area contributed by atoms with Crippen molar-refractivity contribution in [2.45, 2.75) is 58.0 Å². The monoisotopic (exact) mass is 459 g/mol. The van der Waals surface area contributed by atoms with Gasteiger partial charge in [0.15, 0.2) is 11.4 Å². The number of amides is 1. The molecule has 1 amide bonds. The van der Waals surface area contributed by atoms with Crippen molar-refractivity contribution in [1.82, 2.24) is 15.3 Å². The summed E-state index contributed by atoms with van der Waals surface area (Å²) in [6.45, 7) is 6.13. The number of carbonyl (C=O) groups is 2. The lowest BCUT2D eigenvalue weighted by molar-refractivity contribution is -0.265. The normalized spacial score (nSPS) is 13.8. The first kappa shape index (κ1) is 25.6. The number of aromatic nitrogens is 2. The van der Waals surface area contributed by atoms with Crippen LogP contribution in [-0.4, -0.2) is 59.5 Å². The maximum Gasteiger partial charge on any atom is 0.416 e. The van der Waals surface area contributed by atoms with Crippen LogP contribution < -0.4 is 5.32 Å². The van der Waals surface area contributed by atoms with Gasteiger partial charge >= 0.3 is 12.3 Å². The standard InChI is InChI=1S/C21H28F3N3O5/c1-19(2,3)32-18(29)27-15(10-31-20(4,5)21(22,23)24)17-25-13-8-7-12(9-14(13)26-17)16(28)11-30-6/h7-9,15H,10-11H2,1-6H3,(H,25,26)(H,27,29)/t15-/m0/s1. The molecule has 0 aliphatic rings. The number of fused-ring (bicyclic) bond motifs is 1.